The first-order valence-corrected chi connectivity index (χ1v) is 11.9. The van der Waals surface area contributed by atoms with Gasteiger partial charge >= 0.3 is 0 Å². The first kappa shape index (κ1) is 32.7. The summed E-state index contributed by atoms with van der Waals surface area (Å²) in [6.45, 7) is 24.8. The molecule has 0 saturated carbocycles. The average Bonchev–Trinajstić information content (AvgIpc) is 2.67. The highest BCUT2D eigenvalue weighted by atomic mass is 14.3. The van der Waals surface area contributed by atoms with E-state index in [0.717, 1.165) is 5.92 Å². The molecule has 0 atom stereocenters. The van der Waals surface area contributed by atoms with Crippen LogP contribution in [0, 0.1) is 11.3 Å². The van der Waals surface area contributed by atoms with Gasteiger partial charge in [-0.15, -0.1) is 0 Å². The first-order chi connectivity index (χ1) is 11.9. The molecule has 0 aromatic heterocycles. The Morgan fingerprint density at radius 1 is 0.440 bits per heavy atom. The van der Waals surface area contributed by atoms with E-state index in [1.807, 2.05) is 0 Å². The van der Waals surface area contributed by atoms with Crippen LogP contribution in [0.5, 0.6) is 0 Å². The maximum absolute atomic E-state index is 2.30. The number of unbranched alkanes of at least 4 members (excludes halogenated alkanes) is 3. The van der Waals surface area contributed by atoms with Crippen LogP contribution in [0.3, 0.4) is 0 Å². The smallest absolute Gasteiger partial charge is 0.0308 e. The van der Waals surface area contributed by atoms with Crippen LogP contribution in [0.2, 0.25) is 0 Å². The molecule has 0 aliphatic carbocycles. The van der Waals surface area contributed by atoms with E-state index in [0.29, 0.717) is 5.41 Å². The van der Waals surface area contributed by atoms with Crippen molar-refractivity contribution in [3.8, 4) is 0 Å². The topological polar surface area (TPSA) is 0 Å². The predicted molar refractivity (Wildman–Crippen MR) is 124 cm³/mol. The van der Waals surface area contributed by atoms with Gasteiger partial charge in [-0.1, -0.05) is 153 Å². The summed E-state index contributed by atoms with van der Waals surface area (Å²) in [5.41, 5.74) is 0.667. The molecule has 0 aromatic rings. The third-order valence-corrected chi connectivity index (χ3v) is 5.94. The van der Waals surface area contributed by atoms with Gasteiger partial charge in [-0.2, -0.15) is 0 Å². The lowest BCUT2D eigenvalue weighted by Crippen LogP contribution is -2.15. The molecular formula is C25H58. The van der Waals surface area contributed by atoms with Gasteiger partial charge in [0.1, 0.15) is 0 Å². The fraction of sp³-hybridized carbons (Fsp3) is 1.00. The summed E-state index contributed by atoms with van der Waals surface area (Å²) < 4.78 is 0. The summed E-state index contributed by atoms with van der Waals surface area (Å²) in [5.74, 6) is 0.986. The molecule has 158 valence electrons. The van der Waals surface area contributed by atoms with Crippen molar-refractivity contribution in [1.29, 1.82) is 0 Å². The minimum Gasteiger partial charge on any atom is -0.0654 e. The van der Waals surface area contributed by atoms with Crippen molar-refractivity contribution in [3.05, 3.63) is 0 Å². The average molecular weight is 359 g/mol. The Balaban J connectivity index is -0.000000123. The third kappa shape index (κ3) is 26.3. The van der Waals surface area contributed by atoms with E-state index in [2.05, 4.69) is 76.2 Å². The summed E-state index contributed by atoms with van der Waals surface area (Å²) in [4.78, 5) is 0. The monoisotopic (exact) mass is 358 g/mol. The zero-order valence-corrected chi connectivity index (χ0v) is 20.6. The summed E-state index contributed by atoms with van der Waals surface area (Å²) in [5, 5.41) is 0. The lowest BCUT2D eigenvalue weighted by Gasteiger charge is -2.28. The molecule has 0 unspecified atom stereocenters. The molecule has 0 aromatic carbocycles. The highest BCUT2D eigenvalue weighted by molar-refractivity contribution is 4.72. The van der Waals surface area contributed by atoms with Crippen LogP contribution in [0.25, 0.3) is 0 Å². The van der Waals surface area contributed by atoms with Crippen molar-refractivity contribution < 1.29 is 0 Å². The SMILES string of the molecule is CCC(CC)(CC)CC.CCC(CC)CC.CCCC.CCCCC. The van der Waals surface area contributed by atoms with E-state index in [-0.39, 0.29) is 0 Å². The van der Waals surface area contributed by atoms with E-state index >= 15 is 0 Å². The van der Waals surface area contributed by atoms with Crippen LogP contribution in [-0.2, 0) is 0 Å². The molecule has 0 aliphatic heterocycles. The normalized spacial score (nSPS) is 10.1. The van der Waals surface area contributed by atoms with Crippen molar-refractivity contribution in [2.75, 3.05) is 0 Å². The Bertz CT molecular complexity index is 147. The Morgan fingerprint density at radius 3 is 0.720 bits per heavy atom. The van der Waals surface area contributed by atoms with Crippen LogP contribution in [0.4, 0.5) is 0 Å². The second-order valence-corrected chi connectivity index (χ2v) is 7.36. The van der Waals surface area contributed by atoms with Crippen molar-refractivity contribution in [3.63, 3.8) is 0 Å². The van der Waals surface area contributed by atoms with Gasteiger partial charge in [0, 0.05) is 0 Å². The molecule has 0 fully saturated rings. The van der Waals surface area contributed by atoms with E-state index in [4.69, 9.17) is 0 Å². The largest absolute Gasteiger partial charge is 0.0654 e. The maximum Gasteiger partial charge on any atom is -0.0308 e. The fourth-order valence-corrected chi connectivity index (χ4v) is 2.72. The zero-order valence-electron chi connectivity index (χ0n) is 20.6. The van der Waals surface area contributed by atoms with E-state index < -0.39 is 0 Å². The molecule has 0 nitrogen and oxygen atoms in total. The van der Waals surface area contributed by atoms with Gasteiger partial charge in [0.05, 0.1) is 0 Å². The van der Waals surface area contributed by atoms with Gasteiger partial charge in [0.25, 0.3) is 0 Å². The summed E-state index contributed by atoms with van der Waals surface area (Å²) in [6, 6.07) is 0. The molecule has 0 saturated heterocycles. The fourth-order valence-electron chi connectivity index (χ4n) is 2.72. The Labute approximate surface area is 165 Å². The maximum atomic E-state index is 2.30. The zero-order chi connectivity index (χ0) is 20.6. The quantitative estimate of drug-likeness (QED) is 0.364. The van der Waals surface area contributed by atoms with Gasteiger partial charge in [0.15, 0.2) is 0 Å². The van der Waals surface area contributed by atoms with Gasteiger partial charge < -0.3 is 0 Å². The van der Waals surface area contributed by atoms with Gasteiger partial charge in [0.2, 0.25) is 0 Å². The Hall–Kier alpha value is 0. The van der Waals surface area contributed by atoms with Crippen molar-refractivity contribution in [2.45, 2.75) is 153 Å². The Morgan fingerprint density at radius 2 is 0.720 bits per heavy atom. The Kier molecular flexibility index (Phi) is 37.6. The van der Waals surface area contributed by atoms with Gasteiger partial charge in [-0.25, -0.2) is 0 Å². The lowest BCUT2D eigenvalue weighted by molar-refractivity contribution is 0.240. The molecule has 0 N–H and O–H groups in total. The minimum atomic E-state index is 0.667. The summed E-state index contributed by atoms with van der Waals surface area (Å²) in [7, 11) is 0. The highest BCUT2D eigenvalue weighted by Crippen LogP contribution is 2.33. The van der Waals surface area contributed by atoms with E-state index in [1.54, 1.807) is 0 Å². The third-order valence-electron chi connectivity index (χ3n) is 5.94. The van der Waals surface area contributed by atoms with Gasteiger partial charge in [-0.05, 0) is 11.3 Å². The molecule has 0 aliphatic rings. The van der Waals surface area contributed by atoms with Crippen LogP contribution >= 0.6 is 0 Å². The van der Waals surface area contributed by atoms with Crippen molar-refractivity contribution in [2.24, 2.45) is 11.3 Å². The van der Waals surface area contributed by atoms with Crippen molar-refractivity contribution >= 4 is 0 Å². The van der Waals surface area contributed by atoms with Gasteiger partial charge in [-0.3, -0.25) is 0 Å². The first-order valence-electron chi connectivity index (χ1n) is 11.9. The molecule has 0 amide bonds. The molecular weight excluding hydrogens is 300 g/mol. The molecule has 0 heterocycles. The number of hydrogen-bond acceptors (Lipinski definition) is 0. The molecule has 0 spiro atoms. The van der Waals surface area contributed by atoms with Crippen LogP contribution < -0.4 is 0 Å². The van der Waals surface area contributed by atoms with Crippen LogP contribution in [0.15, 0.2) is 0 Å². The molecule has 0 radical (unpaired) electrons. The van der Waals surface area contributed by atoms with E-state index in [1.165, 1.54) is 77.0 Å². The number of rotatable bonds is 10. The predicted octanol–water partition coefficient (Wildman–Crippen LogP) is 10.4. The summed E-state index contributed by atoms with van der Waals surface area (Å²) >= 11 is 0. The minimum absolute atomic E-state index is 0.667. The number of hydrogen-bond donors (Lipinski definition) is 0. The summed E-state index contributed by atoms with van der Waals surface area (Å²) in [6.07, 6.45) is 16.2. The second-order valence-electron chi connectivity index (χ2n) is 7.36. The lowest BCUT2D eigenvalue weighted by atomic mass is 9.78. The molecule has 0 rings (SSSR count). The van der Waals surface area contributed by atoms with Crippen LogP contribution in [-0.4, -0.2) is 0 Å². The van der Waals surface area contributed by atoms with Crippen LogP contribution in [0.1, 0.15) is 153 Å². The molecule has 0 bridgehead atoms. The second kappa shape index (κ2) is 28.8. The highest BCUT2D eigenvalue weighted by Gasteiger charge is 2.20. The molecule has 25 heavy (non-hydrogen) atoms. The molecule has 0 heteroatoms. The van der Waals surface area contributed by atoms with E-state index in [9.17, 15) is 0 Å². The van der Waals surface area contributed by atoms with Crippen molar-refractivity contribution in [1.82, 2.24) is 0 Å². The standard InChI is InChI=1S/C9H20.C7H16.C5H12.C4H10/c1-5-9(6-2,7-3)8-4;1-4-7(5-2)6-3;1-3-5-4-2;1-3-4-2/h5-8H2,1-4H3;7H,4-6H2,1-3H3;3-5H2,1-2H3;3-4H2,1-2H3.